The van der Waals surface area contributed by atoms with Crippen molar-refractivity contribution in [2.24, 2.45) is 11.8 Å². The van der Waals surface area contributed by atoms with Crippen molar-refractivity contribution < 1.29 is 15.0 Å². The van der Waals surface area contributed by atoms with Crippen molar-refractivity contribution in [3.05, 3.63) is 58.5 Å². The first-order valence-corrected chi connectivity index (χ1v) is 12.1. The van der Waals surface area contributed by atoms with Gasteiger partial charge in [-0.15, -0.1) is 11.3 Å². The molecule has 3 nitrogen and oxygen atoms in total. The first kappa shape index (κ1) is 23.2. The van der Waals surface area contributed by atoms with Crippen molar-refractivity contribution in [3.63, 3.8) is 0 Å². The lowest BCUT2D eigenvalue weighted by molar-refractivity contribution is -0.127. The monoisotopic (exact) mass is 446 g/mol. The highest BCUT2D eigenvalue weighted by molar-refractivity contribution is 7.19. The number of thiophene rings is 1. The molecular formula is C25H31ClO3S. The zero-order chi connectivity index (χ0) is 21.5. The van der Waals surface area contributed by atoms with Gasteiger partial charge in [0, 0.05) is 20.9 Å². The van der Waals surface area contributed by atoms with Gasteiger partial charge in [0.1, 0.15) is 6.10 Å². The molecule has 5 heteroatoms. The zero-order valence-corrected chi connectivity index (χ0v) is 19.0. The van der Waals surface area contributed by atoms with Crippen LogP contribution in [0, 0.1) is 11.8 Å². The maximum Gasteiger partial charge on any atom is 0.165 e. The molecule has 1 aromatic heterocycles. The summed E-state index contributed by atoms with van der Waals surface area (Å²) in [6, 6.07) is 8.07. The summed E-state index contributed by atoms with van der Waals surface area (Å²) in [5, 5.41) is 22.3. The summed E-state index contributed by atoms with van der Waals surface area (Å²) in [5.41, 5.74) is 0. The molecule has 4 atom stereocenters. The van der Waals surface area contributed by atoms with Gasteiger partial charge < -0.3 is 10.2 Å². The average Bonchev–Trinajstić information content (AvgIpc) is 3.21. The fraction of sp³-hybridized carbons (Fsp3) is 0.480. The Kier molecular flexibility index (Phi) is 8.70. The molecule has 2 aromatic rings. The molecule has 1 aromatic carbocycles. The Labute approximate surface area is 188 Å². The number of aliphatic hydroxyl groups is 2. The van der Waals surface area contributed by atoms with Gasteiger partial charge in [-0.1, -0.05) is 73.9 Å². The van der Waals surface area contributed by atoms with E-state index in [1.54, 1.807) is 17.4 Å². The van der Waals surface area contributed by atoms with Crippen LogP contribution in [-0.2, 0) is 11.2 Å². The number of aryl methyl sites for hydroxylation is 1. The summed E-state index contributed by atoms with van der Waals surface area (Å²) >= 11 is 8.16. The number of carbonyl (C=O) groups excluding carboxylic acids is 1. The molecule has 30 heavy (non-hydrogen) atoms. The Morgan fingerprint density at radius 2 is 2.10 bits per heavy atom. The number of hydrogen-bond acceptors (Lipinski definition) is 4. The number of ketones is 1. The van der Waals surface area contributed by atoms with Crippen molar-refractivity contribution in [2.75, 3.05) is 0 Å². The Morgan fingerprint density at radius 3 is 2.87 bits per heavy atom. The van der Waals surface area contributed by atoms with Crippen LogP contribution in [0.25, 0.3) is 10.1 Å². The molecule has 2 N–H and O–H groups in total. The smallest absolute Gasteiger partial charge is 0.165 e. The van der Waals surface area contributed by atoms with Crippen LogP contribution in [0.2, 0.25) is 5.02 Å². The lowest BCUT2D eigenvalue weighted by Crippen LogP contribution is -2.19. The molecule has 0 amide bonds. The van der Waals surface area contributed by atoms with Gasteiger partial charge in [0.05, 0.1) is 11.1 Å². The van der Waals surface area contributed by atoms with Crippen molar-refractivity contribution in [1.29, 1.82) is 0 Å². The highest BCUT2D eigenvalue weighted by Gasteiger charge is 2.39. The van der Waals surface area contributed by atoms with E-state index in [1.165, 1.54) is 0 Å². The minimum Gasteiger partial charge on any atom is -0.389 e. The minimum atomic E-state index is -0.886. The average molecular weight is 447 g/mol. The molecule has 1 heterocycles. The van der Waals surface area contributed by atoms with Gasteiger partial charge in [0.2, 0.25) is 0 Å². The predicted molar refractivity (Wildman–Crippen MR) is 126 cm³/mol. The molecule has 3 rings (SSSR count). The summed E-state index contributed by atoms with van der Waals surface area (Å²) in [5.74, 6) is -0.291. The molecule has 0 aliphatic heterocycles. The number of hydrogen-bond donors (Lipinski definition) is 2. The van der Waals surface area contributed by atoms with Gasteiger partial charge in [-0.2, -0.15) is 0 Å². The first-order chi connectivity index (χ1) is 14.5. The summed E-state index contributed by atoms with van der Waals surface area (Å²) in [4.78, 5) is 13.4. The highest BCUT2D eigenvalue weighted by atomic mass is 35.5. The lowest BCUT2D eigenvalue weighted by atomic mass is 9.91. The van der Waals surface area contributed by atoms with Crippen LogP contribution in [0.3, 0.4) is 0 Å². The maximum absolute atomic E-state index is 12.3. The van der Waals surface area contributed by atoms with Gasteiger partial charge >= 0.3 is 0 Å². The summed E-state index contributed by atoms with van der Waals surface area (Å²) in [7, 11) is 0. The van der Waals surface area contributed by atoms with Crippen molar-refractivity contribution >= 4 is 38.8 Å². The third kappa shape index (κ3) is 5.82. The lowest BCUT2D eigenvalue weighted by Gasteiger charge is -2.13. The van der Waals surface area contributed by atoms with E-state index in [0.717, 1.165) is 39.2 Å². The fourth-order valence-corrected chi connectivity index (χ4v) is 5.60. The van der Waals surface area contributed by atoms with Crippen LogP contribution >= 0.6 is 22.9 Å². The summed E-state index contributed by atoms with van der Waals surface area (Å²) in [6.07, 6.45) is 12.1. The number of rotatable bonds is 10. The Hall–Kier alpha value is -1.46. The molecule has 162 valence electrons. The van der Waals surface area contributed by atoms with Gasteiger partial charge in [0.25, 0.3) is 0 Å². The summed E-state index contributed by atoms with van der Waals surface area (Å²) in [6.45, 7) is 2.16. The molecule has 0 radical (unpaired) electrons. The Balaban J connectivity index is 1.55. The van der Waals surface area contributed by atoms with Gasteiger partial charge in [0.15, 0.2) is 5.78 Å². The number of carbonyl (C=O) groups is 1. The third-order valence-electron chi connectivity index (χ3n) is 5.84. The van der Waals surface area contributed by atoms with E-state index >= 15 is 0 Å². The van der Waals surface area contributed by atoms with Crippen molar-refractivity contribution in [1.82, 2.24) is 0 Å². The molecule has 1 aliphatic rings. The van der Waals surface area contributed by atoms with Crippen LogP contribution in [0.15, 0.2) is 48.6 Å². The number of benzene rings is 1. The zero-order valence-electron chi connectivity index (χ0n) is 17.5. The highest BCUT2D eigenvalue weighted by Crippen LogP contribution is 2.36. The second-order valence-electron chi connectivity index (χ2n) is 8.10. The van der Waals surface area contributed by atoms with E-state index in [1.807, 2.05) is 24.3 Å². The van der Waals surface area contributed by atoms with E-state index in [4.69, 9.17) is 11.6 Å². The fourth-order valence-electron chi connectivity index (χ4n) is 4.05. The van der Waals surface area contributed by atoms with E-state index in [0.29, 0.717) is 25.7 Å². The molecule has 1 fully saturated rings. The molecule has 0 saturated heterocycles. The van der Waals surface area contributed by atoms with E-state index in [-0.39, 0.29) is 17.6 Å². The molecule has 1 aliphatic carbocycles. The SMILES string of the molecule is CCCC/C=C\C[C@H]1C(=O)C(O)C[C@@H]1/C=C/C(O)CCc1sc2ccccc2c1Cl. The quantitative estimate of drug-likeness (QED) is 0.342. The van der Waals surface area contributed by atoms with Crippen LogP contribution in [-0.4, -0.2) is 28.2 Å². The maximum atomic E-state index is 12.3. The van der Waals surface area contributed by atoms with Gasteiger partial charge in [-0.3, -0.25) is 4.79 Å². The molecule has 1 saturated carbocycles. The van der Waals surface area contributed by atoms with Crippen LogP contribution < -0.4 is 0 Å². The number of unbranched alkanes of at least 4 members (excludes halogenated alkanes) is 2. The van der Waals surface area contributed by atoms with Crippen LogP contribution in [0.4, 0.5) is 0 Å². The number of fused-ring (bicyclic) bond motifs is 1. The topological polar surface area (TPSA) is 57.5 Å². The molecular weight excluding hydrogens is 416 g/mol. The molecule has 0 bridgehead atoms. The second kappa shape index (κ2) is 11.2. The number of allylic oxidation sites excluding steroid dienone is 3. The number of halogens is 1. The van der Waals surface area contributed by atoms with Crippen molar-refractivity contribution in [3.8, 4) is 0 Å². The Morgan fingerprint density at radius 1 is 1.30 bits per heavy atom. The standard InChI is InChI=1S/C25H31ClO3S/c1-2-3-4-5-6-9-19-17(16-21(28)25(19)29)12-13-18(27)14-15-23-24(26)20-10-7-8-11-22(20)30-23/h5-8,10-13,17-19,21,27-28H,2-4,9,14-16H2,1H3/b6-5-,13-12+/t17-,18?,19+,21?/m0/s1. The number of Topliss-reactive ketones (excluding diaryl/α,β-unsaturated/α-hetero) is 1. The second-order valence-corrected chi connectivity index (χ2v) is 9.61. The van der Waals surface area contributed by atoms with E-state index < -0.39 is 12.2 Å². The van der Waals surface area contributed by atoms with Crippen LogP contribution in [0.5, 0.6) is 0 Å². The number of aliphatic hydroxyl groups excluding tert-OH is 2. The summed E-state index contributed by atoms with van der Waals surface area (Å²) < 4.78 is 1.16. The van der Waals surface area contributed by atoms with Gasteiger partial charge in [-0.05, 0) is 44.1 Å². The first-order valence-electron chi connectivity index (χ1n) is 10.9. The van der Waals surface area contributed by atoms with Gasteiger partial charge in [-0.25, -0.2) is 0 Å². The molecule has 2 unspecified atom stereocenters. The molecule has 0 spiro atoms. The minimum absolute atomic E-state index is 0.0223. The largest absolute Gasteiger partial charge is 0.389 e. The van der Waals surface area contributed by atoms with E-state index in [9.17, 15) is 15.0 Å². The van der Waals surface area contributed by atoms with Crippen LogP contribution in [0.1, 0.15) is 50.3 Å². The third-order valence-corrected chi connectivity index (χ3v) is 7.61. The predicted octanol–water partition coefficient (Wildman–Crippen LogP) is 6.11. The van der Waals surface area contributed by atoms with E-state index in [2.05, 4.69) is 25.1 Å². The Bertz CT molecular complexity index is 901. The normalized spacial score (nSPS) is 23.3. The van der Waals surface area contributed by atoms with Crippen molar-refractivity contribution in [2.45, 2.75) is 64.1 Å².